The molecule has 3 nitrogen and oxygen atoms in total. The van der Waals surface area contributed by atoms with Crippen molar-refractivity contribution in [3.8, 4) is 0 Å². The Labute approximate surface area is 122 Å². The fraction of sp³-hybridized carbons (Fsp3) is 0.588. The summed E-state index contributed by atoms with van der Waals surface area (Å²) in [6.07, 6.45) is 4.35. The van der Waals surface area contributed by atoms with Gasteiger partial charge in [-0.1, -0.05) is 45.7 Å². The van der Waals surface area contributed by atoms with Crippen LogP contribution in [0.15, 0.2) is 24.3 Å². The average Bonchev–Trinajstić information content (AvgIpc) is 2.85. The van der Waals surface area contributed by atoms with E-state index in [4.69, 9.17) is 0 Å². The van der Waals surface area contributed by atoms with E-state index >= 15 is 0 Å². The first-order valence-electron chi connectivity index (χ1n) is 7.63. The third kappa shape index (κ3) is 3.83. The molecule has 0 unspecified atom stereocenters. The molecule has 2 rings (SSSR count). The molecule has 0 saturated heterocycles. The van der Waals surface area contributed by atoms with Crippen molar-refractivity contribution in [1.29, 1.82) is 0 Å². The molecule has 2 N–H and O–H groups in total. The molecule has 1 aliphatic rings. The van der Waals surface area contributed by atoms with E-state index in [0.29, 0.717) is 6.04 Å². The zero-order valence-electron chi connectivity index (χ0n) is 12.8. The lowest BCUT2D eigenvalue weighted by Gasteiger charge is -2.22. The summed E-state index contributed by atoms with van der Waals surface area (Å²) in [6, 6.07) is 8.58. The molecule has 1 fully saturated rings. The Morgan fingerprint density at radius 2 is 2.00 bits per heavy atom. The van der Waals surface area contributed by atoms with Crippen molar-refractivity contribution in [2.45, 2.75) is 59.0 Å². The Morgan fingerprint density at radius 3 is 2.65 bits per heavy atom. The molecule has 0 aliphatic heterocycles. The van der Waals surface area contributed by atoms with Gasteiger partial charge in [0.15, 0.2) is 0 Å². The normalized spacial score (nSPS) is 17.4. The van der Waals surface area contributed by atoms with Gasteiger partial charge in [-0.3, -0.25) is 4.79 Å². The highest BCUT2D eigenvalue weighted by Crippen LogP contribution is 2.38. The summed E-state index contributed by atoms with van der Waals surface area (Å²) in [5, 5.41) is 6.48. The third-order valence-corrected chi connectivity index (χ3v) is 4.15. The van der Waals surface area contributed by atoms with E-state index in [1.165, 1.54) is 18.4 Å². The van der Waals surface area contributed by atoms with E-state index < -0.39 is 0 Å². The summed E-state index contributed by atoms with van der Waals surface area (Å²) in [5.74, 6) is 0.170. The van der Waals surface area contributed by atoms with Crippen molar-refractivity contribution in [2.75, 3.05) is 5.32 Å². The molecule has 0 spiro atoms. The molecule has 0 heterocycles. The summed E-state index contributed by atoms with van der Waals surface area (Å²) >= 11 is 0. The van der Waals surface area contributed by atoms with Gasteiger partial charge in [-0.25, -0.2) is 0 Å². The second-order valence-electron chi connectivity index (χ2n) is 6.46. The van der Waals surface area contributed by atoms with Crippen LogP contribution >= 0.6 is 0 Å². The number of carbonyl (C=O) groups excluding carboxylic acids is 1. The van der Waals surface area contributed by atoms with Crippen LogP contribution in [0.4, 0.5) is 5.69 Å². The summed E-state index contributed by atoms with van der Waals surface area (Å²) in [6.45, 7) is 7.18. The van der Waals surface area contributed by atoms with Gasteiger partial charge in [0, 0.05) is 23.7 Å². The molecule has 110 valence electrons. The minimum atomic E-state index is -0.174. The topological polar surface area (TPSA) is 41.1 Å². The predicted octanol–water partition coefficient (Wildman–Crippen LogP) is 3.70. The second-order valence-corrected chi connectivity index (χ2v) is 6.46. The van der Waals surface area contributed by atoms with Crippen molar-refractivity contribution in [1.82, 2.24) is 5.32 Å². The second kappa shape index (κ2) is 6.40. The molecule has 0 radical (unpaired) electrons. The lowest BCUT2D eigenvalue weighted by atomic mass is 9.88. The van der Waals surface area contributed by atoms with E-state index in [1.54, 1.807) is 0 Å². The largest absolute Gasteiger partial charge is 0.326 e. The van der Waals surface area contributed by atoms with Crippen LogP contribution in [0.2, 0.25) is 0 Å². The Balaban J connectivity index is 1.98. The van der Waals surface area contributed by atoms with E-state index in [9.17, 15) is 4.79 Å². The average molecular weight is 274 g/mol. The molecular formula is C17H26N2O. The number of rotatable bonds is 5. The molecule has 1 saturated carbocycles. The fourth-order valence-corrected chi connectivity index (χ4v) is 2.75. The standard InChI is InChI=1S/C17H26N2O/c1-13(2)18-12-14-7-6-8-15(11-14)19-16(20)17(3)9-4-5-10-17/h6-8,11,13,18H,4-5,9-10,12H2,1-3H3,(H,19,20). The van der Waals surface area contributed by atoms with Gasteiger partial charge in [0.05, 0.1) is 0 Å². The molecule has 3 heteroatoms. The van der Waals surface area contributed by atoms with Crippen LogP contribution in [0.5, 0.6) is 0 Å². The van der Waals surface area contributed by atoms with Crippen molar-refractivity contribution in [3.05, 3.63) is 29.8 Å². The smallest absolute Gasteiger partial charge is 0.230 e. The van der Waals surface area contributed by atoms with Crippen molar-refractivity contribution >= 4 is 11.6 Å². The van der Waals surface area contributed by atoms with Gasteiger partial charge in [0.2, 0.25) is 5.91 Å². The SMILES string of the molecule is CC(C)NCc1cccc(NC(=O)C2(C)CCCC2)c1. The quantitative estimate of drug-likeness (QED) is 0.859. The first kappa shape index (κ1) is 15.0. The van der Waals surface area contributed by atoms with Gasteiger partial charge >= 0.3 is 0 Å². The van der Waals surface area contributed by atoms with Crippen LogP contribution < -0.4 is 10.6 Å². The maximum absolute atomic E-state index is 12.4. The Kier molecular flexibility index (Phi) is 4.81. The number of nitrogens with one attached hydrogen (secondary N) is 2. The highest BCUT2D eigenvalue weighted by molar-refractivity contribution is 5.95. The maximum atomic E-state index is 12.4. The van der Waals surface area contributed by atoms with Gasteiger partial charge in [0.25, 0.3) is 0 Å². The lowest BCUT2D eigenvalue weighted by Crippen LogP contribution is -2.30. The first-order valence-corrected chi connectivity index (χ1v) is 7.63. The monoisotopic (exact) mass is 274 g/mol. The molecule has 0 atom stereocenters. The highest BCUT2D eigenvalue weighted by atomic mass is 16.2. The molecule has 0 bridgehead atoms. The summed E-state index contributed by atoms with van der Waals surface area (Å²) in [5.41, 5.74) is 1.94. The third-order valence-electron chi connectivity index (χ3n) is 4.15. The number of hydrogen-bond acceptors (Lipinski definition) is 2. The minimum Gasteiger partial charge on any atom is -0.326 e. The summed E-state index contributed by atoms with van der Waals surface area (Å²) in [4.78, 5) is 12.4. The molecule has 20 heavy (non-hydrogen) atoms. The van der Waals surface area contributed by atoms with E-state index in [0.717, 1.165) is 25.1 Å². The van der Waals surface area contributed by atoms with Crippen LogP contribution in [-0.4, -0.2) is 11.9 Å². The Bertz CT molecular complexity index is 462. The van der Waals surface area contributed by atoms with Crippen molar-refractivity contribution in [2.24, 2.45) is 5.41 Å². The van der Waals surface area contributed by atoms with E-state index in [2.05, 4.69) is 43.5 Å². The number of amides is 1. The van der Waals surface area contributed by atoms with Gasteiger partial charge < -0.3 is 10.6 Å². The summed E-state index contributed by atoms with van der Waals surface area (Å²) < 4.78 is 0. The maximum Gasteiger partial charge on any atom is 0.230 e. The van der Waals surface area contributed by atoms with Crippen molar-refractivity contribution < 1.29 is 4.79 Å². The summed E-state index contributed by atoms with van der Waals surface area (Å²) in [7, 11) is 0. The van der Waals surface area contributed by atoms with Crippen LogP contribution in [0.3, 0.4) is 0 Å². The molecule has 1 aromatic rings. The Hall–Kier alpha value is -1.35. The molecule has 1 aromatic carbocycles. The number of carbonyl (C=O) groups is 1. The number of hydrogen-bond donors (Lipinski definition) is 2. The van der Waals surface area contributed by atoms with E-state index in [-0.39, 0.29) is 11.3 Å². The predicted molar refractivity (Wildman–Crippen MR) is 83.6 cm³/mol. The minimum absolute atomic E-state index is 0.170. The molecular weight excluding hydrogens is 248 g/mol. The van der Waals surface area contributed by atoms with Crippen molar-refractivity contribution in [3.63, 3.8) is 0 Å². The van der Waals surface area contributed by atoms with Gasteiger partial charge in [-0.05, 0) is 30.5 Å². The first-order chi connectivity index (χ1) is 9.49. The fourth-order valence-electron chi connectivity index (χ4n) is 2.75. The van der Waals surface area contributed by atoms with Gasteiger partial charge in [0.1, 0.15) is 0 Å². The zero-order chi connectivity index (χ0) is 14.6. The highest BCUT2D eigenvalue weighted by Gasteiger charge is 2.36. The van der Waals surface area contributed by atoms with Crippen LogP contribution in [0.25, 0.3) is 0 Å². The zero-order valence-corrected chi connectivity index (χ0v) is 12.8. The van der Waals surface area contributed by atoms with Crippen LogP contribution in [0.1, 0.15) is 52.0 Å². The Morgan fingerprint density at radius 1 is 1.30 bits per heavy atom. The number of anilines is 1. The molecule has 1 amide bonds. The van der Waals surface area contributed by atoms with Crippen LogP contribution in [0, 0.1) is 5.41 Å². The van der Waals surface area contributed by atoms with Gasteiger partial charge in [-0.15, -0.1) is 0 Å². The van der Waals surface area contributed by atoms with E-state index in [1.807, 2.05) is 12.1 Å². The number of benzene rings is 1. The molecule has 0 aromatic heterocycles. The lowest BCUT2D eigenvalue weighted by molar-refractivity contribution is -0.124. The van der Waals surface area contributed by atoms with Gasteiger partial charge in [-0.2, -0.15) is 0 Å². The molecule has 1 aliphatic carbocycles. The van der Waals surface area contributed by atoms with Crippen LogP contribution in [-0.2, 0) is 11.3 Å².